The third-order valence-corrected chi connectivity index (χ3v) is 4.20. The second kappa shape index (κ2) is 7.40. The molecule has 112 valence electrons. The summed E-state index contributed by atoms with van der Waals surface area (Å²) < 4.78 is 0. The van der Waals surface area contributed by atoms with E-state index >= 15 is 0 Å². The van der Waals surface area contributed by atoms with Gasteiger partial charge in [-0.3, -0.25) is 9.59 Å². The minimum atomic E-state index is -0.432. The van der Waals surface area contributed by atoms with Gasteiger partial charge >= 0.3 is 0 Å². The van der Waals surface area contributed by atoms with Crippen molar-refractivity contribution < 1.29 is 14.7 Å². The van der Waals surface area contributed by atoms with E-state index in [1.165, 1.54) is 16.2 Å². The molecule has 0 aliphatic heterocycles. The Labute approximate surface area is 123 Å². The molecule has 0 spiro atoms. The molecule has 20 heavy (non-hydrogen) atoms. The van der Waals surface area contributed by atoms with Crippen molar-refractivity contribution in [2.24, 2.45) is 0 Å². The summed E-state index contributed by atoms with van der Waals surface area (Å²) >= 11 is 1.36. The summed E-state index contributed by atoms with van der Waals surface area (Å²) in [4.78, 5) is 26.0. The average molecular weight is 298 g/mol. The first-order chi connectivity index (χ1) is 9.41. The second-order valence-electron chi connectivity index (χ2n) is 5.07. The highest BCUT2D eigenvalue weighted by Crippen LogP contribution is 2.14. The zero-order chi connectivity index (χ0) is 15.2. The van der Waals surface area contributed by atoms with Crippen LogP contribution in [0.4, 0.5) is 0 Å². The lowest BCUT2D eigenvalue weighted by Crippen LogP contribution is -2.49. The lowest BCUT2D eigenvalue weighted by Gasteiger charge is -2.30. The Kier molecular flexibility index (Phi) is 6.16. The monoisotopic (exact) mass is 298 g/mol. The van der Waals surface area contributed by atoms with Crippen LogP contribution in [0.3, 0.4) is 0 Å². The largest absolute Gasteiger partial charge is 0.396 e. The highest BCUT2D eigenvalue weighted by molar-refractivity contribution is 7.12. The fourth-order valence-electron chi connectivity index (χ4n) is 1.83. The molecule has 1 aromatic rings. The van der Waals surface area contributed by atoms with E-state index in [1.54, 1.807) is 19.2 Å². The van der Waals surface area contributed by atoms with Crippen LogP contribution in [-0.2, 0) is 4.79 Å². The molecule has 0 radical (unpaired) electrons. The summed E-state index contributed by atoms with van der Waals surface area (Å²) in [6.07, 6.45) is 1.22. The SMILES string of the molecule is CCC(C)(CCO)NC(=O)CN(C)C(=O)c1cccs1. The van der Waals surface area contributed by atoms with Crippen LogP contribution in [0.2, 0.25) is 0 Å². The molecular weight excluding hydrogens is 276 g/mol. The average Bonchev–Trinajstić information content (AvgIpc) is 2.91. The van der Waals surface area contributed by atoms with Crippen LogP contribution in [0, 0.1) is 0 Å². The number of carbonyl (C=O) groups is 2. The number of aliphatic hydroxyl groups is 1. The van der Waals surface area contributed by atoms with Crippen molar-refractivity contribution in [3.63, 3.8) is 0 Å². The Morgan fingerprint density at radius 1 is 1.50 bits per heavy atom. The maximum Gasteiger partial charge on any atom is 0.264 e. The van der Waals surface area contributed by atoms with Gasteiger partial charge in [-0.05, 0) is 31.2 Å². The number of amides is 2. The molecule has 5 nitrogen and oxygen atoms in total. The number of nitrogens with zero attached hydrogens (tertiary/aromatic N) is 1. The third-order valence-electron chi connectivity index (χ3n) is 3.34. The molecule has 1 atom stereocenters. The lowest BCUT2D eigenvalue weighted by atomic mass is 9.95. The predicted molar refractivity (Wildman–Crippen MR) is 79.8 cm³/mol. The quantitative estimate of drug-likeness (QED) is 0.801. The summed E-state index contributed by atoms with van der Waals surface area (Å²) in [5.74, 6) is -0.370. The molecule has 2 N–H and O–H groups in total. The van der Waals surface area contributed by atoms with Crippen molar-refractivity contribution in [3.05, 3.63) is 22.4 Å². The molecule has 0 aliphatic rings. The van der Waals surface area contributed by atoms with Gasteiger partial charge in [-0.15, -0.1) is 11.3 Å². The van der Waals surface area contributed by atoms with E-state index in [4.69, 9.17) is 5.11 Å². The van der Waals surface area contributed by atoms with Gasteiger partial charge in [-0.25, -0.2) is 0 Å². The van der Waals surface area contributed by atoms with Crippen molar-refractivity contribution in [3.8, 4) is 0 Å². The predicted octanol–water partition coefficient (Wildman–Crippen LogP) is 1.49. The van der Waals surface area contributed by atoms with Gasteiger partial charge < -0.3 is 15.3 Å². The Morgan fingerprint density at radius 2 is 2.20 bits per heavy atom. The summed E-state index contributed by atoms with van der Waals surface area (Å²) in [6.45, 7) is 3.88. The van der Waals surface area contributed by atoms with Crippen LogP contribution in [0.1, 0.15) is 36.4 Å². The standard InChI is InChI=1S/C14H22N2O3S/c1-4-14(2,7-8-17)15-12(18)10-16(3)13(19)11-6-5-9-20-11/h5-6,9,17H,4,7-8,10H2,1-3H3,(H,15,18). The first-order valence-corrected chi connectivity index (χ1v) is 7.50. The van der Waals surface area contributed by atoms with Crippen LogP contribution < -0.4 is 5.32 Å². The van der Waals surface area contributed by atoms with Gasteiger partial charge in [0.25, 0.3) is 5.91 Å². The lowest BCUT2D eigenvalue weighted by molar-refractivity contribution is -0.123. The highest BCUT2D eigenvalue weighted by Gasteiger charge is 2.25. The Morgan fingerprint density at radius 3 is 2.70 bits per heavy atom. The van der Waals surface area contributed by atoms with E-state index in [9.17, 15) is 9.59 Å². The van der Waals surface area contributed by atoms with Crippen LogP contribution in [-0.4, -0.2) is 47.6 Å². The van der Waals surface area contributed by atoms with Crippen LogP contribution >= 0.6 is 11.3 Å². The Balaban J connectivity index is 2.55. The fourth-order valence-corrected chi connectivity index (χ4v) is 2.54. The van der Waals surface area contributed by atoms with E-state index in [-0.39, 0.29) is 25.0 Å². The topological polar surface area (TPSA) is 69.6 Å². The molecule has 1 unspecified atom stereocenters. The number of aliphatic hydroxyl groups excluding tert-OH is 1. The first kappa shape index (κ1) is 16.7. The number of hydrogen-bond donors (Lipinski definition) is 2. The summed E-state index contributed by atoms with van der Waals surface area (Å²) in [6, 6.07) is 3.55. The first-order valence-electron chi connectivity index (χ1n) is 6.62. The van der Waals surface area contributed by atoms with Gasteiger partial charge in [0.1, 0.15) is 0 Å². The number of thiophene rings is 1. The van der Waals surface area contributed by atoms with Crippen molar-refractivity contribution in [2.45, 2.75) is 32.2 Å². The Hall–Kier alpha value is -1.40. The van der Waals surface area contributed by atoms with Crippen LogP contribution in [0.5, 0.6) is 0 Å². The van der Waals surface area contributed by atoms with E-state index in [0.29, 0.717) is 11.3 Å². The number of rotatable bonds is 7. The van der Waals surface area contributed by atoms with Crippen molar-refractivity contribution in [1.29, 1.82) is 0 Å². The molecular formula is C14H22N2O3S. The van der Waals surface area contributed by atoms with Gasteiger partial charge in [-0.2, -0.15) is 0 Å². The molecule has 6 heteroatoms. The number of hydrogen-bond acceptors (Lipinski definition) is 4. The molecule has 0 saturated carbocycles. The van der Waals surface area contributed by atoms with Gasteiger partial charge in [0.05, 0.1) is 11.4 Å². The molecule has 0 saturated heterocycles. The minimum Gasteiger partial charge on any atom is -0.396 e. The molecule has 0 aliphatic carbocycles. The van der Waals surface area contributed by atoms with E-state index in [1.807, 2.05) is 19.2 Å². The van der Waals surface area contributed by atoms with Crippen LogP contribution in [0.25, 0.3) is 0 Å². The van der Waals surface area contributed by atoms with Crippen molar-refractivity contribution in [2.75, 3.05) is 20.2 Å². The zero-order valence-corrected chi connectivity index (χ0v) is 13.0. The molecule has 0 aromatic carbocycles. The van der Waals surface area contributed by atoms with Crippen LogP contribution in [0.15, 0.2) is 17.5 Å². The number of carbonyl (C=O) groups excluding carboxylic acids is 2. The highest BCUT2D eigenvalue weighted by atomic mass is 32.1. The molecule has 1 heterocycles. The third kappa shape index (κ3) is 4.61. The van der Waals surface area contributed by atoms with Gasteiger partial charge in [0, 0.05) is 19.2 Å². The maximum absolute atomic E-state index is 12.0. The summed E-state index contributed by atoms with van der Waals surface area (Å²) in [5.41, 5.74) is -0.432. The zero-order valence-electron chi connectivity index (χ0n) is 12.2. The molecule has 0 bridgehead atoms. The number of likely N-dealkylation sites (N-methyl/N-ethyl adjacent to an activating group) is 1. The van der Waals surface area contributed by atoms with Gasteiger partial charge in [0.2, 0.25) is 5.91 Å². The fraction of sp³-hybridized carbons (Fsp3) is 0.571. The molecule has 0 fully saturated rings. The molecule has 1 rings (SSSR count). The second-order valence-corrected chi connectivity index (χ2v) is 6.02. The molecule has 2 amide bonds. The van der Waals surface area contributed by atoms with E-state index < -0.39 is 5.54 Å². The summed E-state index contributed by atoms with van der Waals surface area (Å²) in [5, 5.41) is 13.7. The maximum atomic E-state index is 12.0. The minimum absolute atomic E-state index is 0.0117. The Bertz CT molecular complexity index is 447. The summed E-state index contributed by atoms with van der Waals surface area (Å²) in [7, 11) is 1.61. The van der Waals surface area contributed by atoms with Crippen molar-refractivity contribution >= 4 is 23.2 Å². The van der Waals surface area contributed by atoms with E-state index in [2.05, 4.69) is 5.32 Å². The number of nitrogens with one attached hydrogen (secondary N) is 1. The molecule has 1 aromatic heterocycles. The van der Waals surface area contributed by atoms with E-state index in [0.717, 1.165) is 6.42 Å². The normalized spacial score (nSPS) is 13.6. The van der Waals surface area contributed by atoms with Gasteiger partial charge in [-0.1, -0.05) is 13.0 Å². The smallest absolute Gasteiger partial charge is 0.264 e. The van der Waals surface area contributed by atoms with Gasteiger partial charge in [0.15, 0.2) is 0 Å². The van der Waals surface area contributed by atoms with Crippen molar-refractivity contribution in [1.82, 2.24) is 10.2 Å².